The Hall–Kier alpha value is -2.74. The Morgan fingerprint density at radius 2 is 2.24 bits per heavy atom. The van der Waals surface area contributed by atoms with Gasteiger partial charge in [-0.15, -0.1) is 0 Å². The molecule has 1 aromatic heterocycles. The second-order valence-corrected chi connectivity index (χ2v) is 6.29. The molecule has 1 atom stereocenters. The van der Waals surface area contributed by atoms with Crippen molar-refractivity contribution in [1.29, 1.82) is 0 Å². The second kappa shape index (κ2) is 5.96. The highest BCUT2D eigenvalue weighted by molar-refractivity contribution is 6.01. The second-order valence-electron chi connectivity index (χ2n) is 6.29. The molecule has 0 spiro atoms. The lowest BCUT2D eigenvalue weighted by Crippen LogP contribution is -2.36. The third-order valence-electron chi connectivity index (χ3n) is 4.71. The Morgan fingerprint density at radius 3 is 3.04 bits per heavy atom. The summed E-state index contributed by atoms with van der Waals surface area (Å²) < 4.78 is 15.1. The SMILES string of the molecule is O=C1C[C@@H](C(=O)N2Cc3cnn(CCO)c3C2)c2ccc(F)cc2N1. The first-order valence-electron chi connectivity index (χ1n) is 8.09. The monoisotopic (exact) mass is 344 g/mol. The summed E-state index contributed by atoms with van der Waals surface area (Å²) >= 11 is 0. The Bertz CT molecular complexity index is 864. The number of benzene rings is 1. The molecule has 7 nitrogen and oxygen atoms in total. The summed E-state index contributed by atoms with van der Waals surface area (Å²) in [5.41, 5.74) is 2.85. The van der Waals surface area contributed by atoms with Crippen molar-refractivity contribution in [2.24, 2.45) is 0 Å². The molecule has 0 unspecified atom stereocenters. The summed E-state index contributed by atoms with van der Waals surface area (Å²) in [6.07, 6.45) is 1.75. The lowest BCUT2D eigenvalue weighted by atomic mass is 9.89. The molecule has 0 saturated heterocycles. The smallest absolute Gasteiger partial charge is 0.231 e. The van der Waals surface area contributed by atoms with E-state index in [1.165, 1.54) is 12.1 Å². The number of aliphatic hydroxyl groups excluding tert-OH is 1. The van der Waals surface area contributed by atoms with Gasteiger partial charge in [0.05, 0.1) is 37.5 Å². The molecule has 3 heterocycles. The number of nitrogens with one attached hydrogen (secondary N) is 1. The molecule has 25 heavy (non-hydrogen) atoms. The minimum Gasteiger partial charge on any atom is -0.394 e. The topological polar surface area (TPSA) is 87.5 Å². The normalized spacial score (nSPS) is 18.7. The van der Waals surface area contributed by atoms with E-state index in [2.05, 4.69) is 10.4 Å². The van der Waals surface area contributed by atoms with E-state index in [0.717, 1.165) is 11.3 Å². The predicted molar refractivity (Wildman–Crippen MR) is 86.0 cm³/mol. The van der Waals surface area contributed by atoms with Gasteiger partial charge in [0.2, 0.25) is 11.8 Å². The fourth-order valence-electron chi connectivity index (χ4n) is 3.53. The zero-order valence-corrected chi connectivity index (χ0v) is 13.4. The maximum atomic E-state index is 13.4. The summed E-state index contributed by atoms with van der Waals surface area (Å²) in [5, 5.41) is 15.9. The van der Waals surface area contributed by atoms with Crippen LogP contribution in [0.3, 0.4) is 0 Å². The average Bonchev–Trinajstić information content (AvgIpc) is 3.15. The number of hydrogen-bond acceptors (Lipinski definition) is 4. The molecule has 0 saturated carbocycles. The number of carbonyl (C=O) groups is 2. The molecular weight excluding hydrogens is 327 g/mol. The highest BCUT2D eigenvalue weighted by Crippen LogP contribution is 2.36. The summed E-state index contributed by atoms with van der Waals surface area (Å²) in [7, 11) is 0. The van der Waals surface area contributed by atoms with Gasteiger partial charge in [-0.25, -0.2) is 4.39 Å². The van der Waals surface area contributed by atoms with Crippen molar-refractivity contribution in [1.82, 2.24) is 14.7 Å². The van der Waals surface area contributed by atoms with Crippen LogP contribution in [0.4, 0.5) is 10.1 Å². The first-order valence-corrected chi connectivity index (χ1v) is 8.09. The molecule has 2 N–H and O–H groups in total. The molecule has 8 heteroatoms. The van der Waals surface area contributed by atoms with Gasteiger partial charge in [-0.1, -0.05) is 6.07 Å². The Labute approximate surface area is 143 Å². The number of carbonyl (C=O) groups excluding carboxylic acids is 2. The van der Waals surface area contributed by atoms with Crippen LogP contribution in [-0.2, 0) is 29.2 Å². The highest BCUT2D eigenvalue weighted by atomic mass is 19.1. The van der Waals surface area contributed by atoms with Gasteiger partial charge in [0.1, 0.15) is 5.82 Å². The number of halogens is 1. The Kier molecular flexibility index (Phi) is 3.76. The summed E-state index contributed by atoms with van der Waals surface area (Å²) in [4.78, 5) is 26.6. The van der Waals surface area contributed by atoms with Crippen LogP contribution in [0.5, 0.6) is 0 Å². The number of amides is 2. The minimum atomic E-state index is -0.618. The van der Waals surface area contributed by atoms with Crippen LogP contribution < -0.4 is 5.32 Å². The van der Waals surface area contributed by atoms with Gasteiger partial charge in [0.25, 0.3) is 0 Å². The van der Waals surface area contributed by atoms with Crippen molar-refractivity contribution in [3.05, 3.63) is 47.0 Å². The van der Waals surface area contributed by atoms with Crippen LogP contribution in [0.15, 0.2) is 24.4 Å². The van der Waals surface area contributed by atoms with Crippen molar-refractivity contribution < 1.29 is 19.1 Å². The Morgan fingerprint density at radius 1 is 1.40 bits per heavy atom. The van der Waals surface area contributed by atoms with Crippen LogP contribution in [0.25, 0.3) is 0 Å². The molecular formula is C17H17FN4O3. The van der Waals surface area contributed by atoms with Crippen LogP contribution in [0.1, 0.15) is 29.2 Å². The van der Waals surface area contributed by atoms with Gasteiger partial charge in [-0.3, -0.25) is 14.3 Å². The predicted octanol–water partition coefficient (Wildman–Crippen LogP) is 0.983. The van der Waals surface area contributed by atoms with E-state index in [4.69, 9.17) is 5.11 Å². The molecule has 0 aliphatic carbocycles. The number of rotatable bonds is 3. The molecule has 4 rings (SSSR count). The standard InChI is InChI=1S/C17H17FN4O3/c18-11-1-2-12-13(6-16(24)20-14(12)5-11)17(25)21-8-10-7-19-22(3-4-23)15(10)9-21/h1-2,5,7,13,23H,3-4,6,8-9H2,(H,20,24)/t13-/m1/s1. The fourth-order valence-corrected chi connectivity index (χ4v) is 3.53. The maximum Gasteiger partial charge on any atom is 0.231 e. The zero-order valence-electron chi connectivity index (χ0n) is 13.4. The van der Waals surface area contributed by atoms with Gasteiger partial charge in [-0.05, 0) is 17.7 Å². The Balaban J connectivity index is 1.59. The third kappa shape index (κ3) is 2.68. The highest BCUT2D eigenvalue weighted by Gasteiger charge is 2.36. The summed E-state index contributed by atoms with van der Waals surface area (Å²) in [6, 6.07) is 4.10. The first-order chi connectivity index (χ1) is 12.1. The number of aliphatic hydroxyl groups is 1. The number of anilines is 1. The molecule has 1 aromatic carbocycles. The van der Waals surface area contributed by atoms with E-state index >= 15 is 0 Å². The quantitative estimate of drug-likeness (QED) is 0.869. The van der Waals surface area contributed by atoms with Crippen molar-refractivity contribution in [2.75, 3.05) is 11.9 Å². The molecule has 2 aromatic rings. The number of nitrogens with zero attached hydrogens (tertiary/aromatic N) is 3. The molecule has 2 aliphatic heterocycles. The molecule has 130 valence electrons. The van der Waals surface area contributed by atoms with Crippen LogP contribution in [-0.4, -0.2) is 38.2 Å². The van der Waals surface area contributed by atoms with E-state index in [1.54, 1.807) is 21.8 Å². The van der Waals surface area contributed by atoms with E-state index in [-0.39, 0.29) is 24.8 Å². The van der Waals surface area contributed by atoms with Gasteiger partial charge in [0, 0.05) is 24.2 Å². The average molecular weight is 344 g/mol. The summed E-state index contributed by atoms with van der Waals surface area (Å²) in [5.74, 6) is -1.52. The van der Waals surface area contributed by atoms with Crippen LogP contribution in [0.2, 0.25) is 0 Å². The van der Waals surface area contributed by atoms with E-state index in [9.17, 15) is 14.0 Å². The molecule has 2 aliphatic rings. The third-order valence-corrected chi connectivity index (χ3v) is 4.71. The molecule has 0 bridgehead atoms. The lowest BCUT2D eigenvalue weighted by molar-refractivity contribution is -0.135. The van der Waals surface area contributed by atoms with E-state index in [1.807, 2.05) is 0 Å². The summed E-state index contributed by atoms with van der Waals surface area (Å²) in [6.45, 7) is 1.17. The van der Waals surface area contributed by atoms with Gasteiger partial charge >= 0.3 is 0 Å². The number of hydrogen-bond donors (Lipinski definition) is 2. The number of fused-ring (bicyclic) bond motifs is 2. The lowest BCUT2D eigenvalue weighted by Gasteiger charge is -2.28. The molecule has 2 amide bonds. The fraction of sp³-hybridized carbons (Fsp3) is 0.353. The maximum absolute atomic E-state index is 13.4. The minimum absolute atomic E-state index is 0.0240. The molecule has 0 radical (unpaired) electrons. The van der Waals surface area contributed by atoms with Gasteiger partial charge in [-0.2, -0.15) is 5.10 Å². The van der Waals surface area contributed by atoms with Gasteiger partial charge < -0.3 is 15.3 Å². The zero-order chi connectivity index (χ0) is 17.6. The largest absolute Gasteiger partial charge is 0.394 e. The van der Waals surface area contributed by atoms with Crippen LogP contribution >= 0.6 is 0 Å². The van der Waals surface area contributed by atoms with Crippen LogP contribution in [0, 0.1) is 5.82 Å². The molecule has 0 fully saturated rings. The van der Waals surface area contributed by atoms with Gasteiger partial charge in [0.15, 0.2) is 0 Å². The van der Waals surface area contributed by atoms with E-state index in [0.29, 0.717) is 30.9 Å². The van der Waals surface area contributed by atoms with Crippen molar-refractivity contribution >= 4 is 17.5 Å². The van der Waals surface area contributed by atoms with Crippen molar-refractivity contribution in [3.8, 4) is 0 Å². The number of aromatic nitrogens is 2. The van der Waals surface area contributed by atoms with Crippen molar-refractivity contribution in [2.45, 2.75) is 32.0 Å². The first kappa shape index (κ1) is 15.8. The van der Waals surface area contributed by atoms with Crippen molar-refractivity contribution in [3.63, 3.8) is 0 Å². The van der Waals surface area contributed by atoms with E-state index < -0.39 is 11.7 Å².